The molecule has 0 amide bonds. The van der Waals surface area contributed by atoms with Gasteiger partial charge < -0.3 is 9.80 Å². The normalized spacial score (nSPS) is 22.1. The van der Waals surface area contributed by atoms with E-state index in [1.807, 2.05) is 0 Å². The van der Waals surface area contributed by atoms with Crippen LogP contribution in [0.15, 0.2) is 243 Å². The number of anilines is 4. The fourth-order valence-corrected chi connectivity index (χ4v) is 16.6. The average molecular weight is 1090 g/mol. The van der Waals surface area contributed by atoms with Crippen molar-refractivity contribution >= 4 is 44.3 Å². The molecule has 2 heterocycles. The van der Waals surface area contributed by atoms with Crippen LogP contribution in [0.2, 0.25) is 0 Å². The Balaban J connectivity index is 0.954. The summed E-state index contributed by atoms with van der Waals surface area (Å²) in [6.07, 6.45) is 14.9. The molecule has 4 aliphatic rings. The van der Waals surface area contributed by atoms with Gasteiger partial charge in [0.05, 0.1) is 11.1 Å². The van der Waals surface area contributed by atoms with Crippen molar-refractivity contribution in [2.45, 2.75) is 127 Å². The first-order valence-corrected chi connectivity index (χ1v) is 31.5. The summed E-state index contributed by atoms with van der Waals surface area (Å²) in [5, 5.41) is 5.06. The lowest BCUT2D eigenvalue weighted by Gasteiger charge is -2.48. The van der Waals surface area contributed by atoms with E-state index in [1.165, 1.54) is 199 Å². The number of hydrogen-bond donors (Lipinski definition) is 0. The highest BCUT2D eigenvalue weighted by molar-refractivity contribution is 6.22. The highest BCUT2D eigenvalue weighted by Crippen LogP contribution is 2.62. The summed E-state index contributed by atoms with van der Waals surface area (Å²) in [4.78, 5) is 5.45. The lowest BCUT2D eigenvalue weighted by Crippen LogP contribution is -2.53. The van der Waals surface area contributed by atoms with Gasteiger partial charge in [-0.3, -0.25) is 0 Å². The van der Waals surface area contributed by atoms with E-state index in [2.05, 4.69) is 280 Å². The Bertz CT molecular complexity index is 3970. The number of fused-ring (bicyclic) bond motifs is 8. The van der Waals surface area contributed by atoms with Crippen LogP contribution in [0.4, 0.5) is 22.7 Å². The Morgan fingerprint density at radius 1 is 0.250 bits per heavy atom. The molecule has 15 rings (SSSR count). The van der Waals surface area contributed by atoms with Crippen molar-refractivity contribution in [3.8, 4) is 66.8 Å². The third-order valence-corrected chi connectivity index (χ3v) is 21.6. The zero-order valence-electron chi connectivity index (χ0n) is 49.5. The molecule has 0 saturated heterocycles. The van der Waals surface area contributed by atoms with Crippen LogP contribution in [-0.4, -0.2) is 11.1 Å². The number of rotatable bonds is 8. The van der Waals surface area contributed by atoms with Crippen LogP contribution in [0.25, 0.3) is 88.3 Å². The SMILES string of the molecule is CC12CCCCCCC1(C)N(c1ccccc1)c1ccc(-c3ccc4c(-c5ccc(-c6ccccc6)cc5)c5cc(-c6ccc7c(c6)C6(C)CCCCCCC6(C)N7c6ccccc6)ccc5c(-c5ccc(-c6ccccc6)cc5)c4c3)cc12. The molecular weight excluding hydrogens is 1010 g/mol. The summed E-state index contributed by atoms with van der Waals surface area (Å²) >= 11 is 0. The van der Waals surface area contributed by atoms with Crippen molar-refractivity contribution in [1.82, 2.24) is 0 Å². The molecule has 2 nitrogen and oxygen atoms in total. The summed E-state index contributed by atoms with van der Waals surface area (Å²) in [5.74, 6) is 0. The van der Waals surface area contributed by atoms with Gasteiger partial charge in [-0.1, -0.05) is 247 Å². The molecule has 2 fully saturated rings. The molecule has 0 aromatic heterocycles. The van der Waals surface area contributed by atoms with Gasteiger partial charge in [0.2, 0.25) is 0 Å². The minimum absolute atomic E-state index is 0.0172. The second-order valence-corrected chi connectivity index (χ2v) is 26.0. The maximum absolute atomic E-state index is 2.72. The van der Waals surface area contributed by atoms with Gasteiger partial charge in [0, 0.05) is 33.6 Å². The molecule has 0 bridgehead atoms. The van der Waals surface area contributed by atoms with Gasteiger partial charge in [-0.05, 0) is 200 Å². The summed E-state index contributed by atoms with van der Waals surface area (Å²) < 4.78 is 0. The van der Waals surface area contributed by atoms with Crippen LogP contribution >= 0.6 is 0 Å². The van der Waals surface area contributed by atoms with E-state index >= 15 is 0 Å². The molecule has 11 aromatic rings. The standard InChI is InChI=1S/C82H76N2/c1-79-49-21-5-7-23-51-81(79,3)83(67-29-17-11-18-30-67)75-47-43-65(55-73(75)79)63-41-45-69-71(53-63)77(61-37-33-59(34-38-61)57-25-13-9-14-26-57)70-46-42-64(54-72(70)78(69)62-39-35-60(36-40-62)58-27-15-10-16-28-58)66-44-48-76-74(56-66)80(2)50-22-6-8-24-52-82(80,4)84(76)68-31-19-12-20-32-68/h9-20,25-48,53-56H,5-8,21-24,49-52H2,1-4H3. The summed E-state index contributed by atoms with van der Waals surface area (Å²) in [7, 11) is 0. The lowest BCUT2D eigenvalue weighted by molar-refractivity contribution is 0.218. The first kappa shape index (κ1) is 52.4. The molecule has 414 valence electrons. The molecule has 0 spiro atoms. The van der Waals surface area contributed by atoms with E-state index in [0.717, 1.165) is 0 Å². The van der Waals surface area contributed by atoms with E-state index in [9.17, 15) is 0 Å². The third-order valence-electron chi connectivity index (χ3n) is 21.6. The van der Waals surface area contributed by atoms with Crippen LogP contribution in [0.5, 0.6) is 0 Å². The van der Waals surface area contributed by atoms with Crippen LogP contribution < -0.4 is 9.80 Å². The average Bonchev–Trinajstić information content (AvgIpc) is 1.80. The lowest BCUT2D eigenvalue weighted by atomic mass is 9.63. The van der Waals surface area contributed by atoms with E-state index < -0.39 is 0 Å². The third kappa shape index (κ3) is 8.33. The van der Waals surface area contributed by atoms with Crippen molar-refractivity contribution in [1.29, 1.82) is 0 Å². The van der Waals surface area contributed by atoms with Gasteiger partial charge in [0.15, 0.2) is 0 Å². The number of hydrogen-bond acceptors (Lipinski definition) is 2. The molecule has 11 aromatic carbocycles. The fraction of sp³-hybridized carbons (Fsp3) is 0.244. The van der Waals surface area contributed by atoms with Gasteiger partial charge in [0.1, 0.15) is 0 Å². The maximum Gasteiger partial charge on any atom is 0.0517 e. The Morgan fingerprint density at radius 2 is 0.548 bits per heavy atom. The summed E-state index contributed by atoms with van der Waals surface area (Å²) in [6.45, 7) is 10.3. The minimum Gasteiger partial charge on any atom is -0.334 e. The number of nitrogens with zero attached hydrogens (tertiary/aromatic N) is 2. The zero-order chi connectivity index (χ0) is 56.6. The molecule has 2 aliphatic heterocycles. The van der Waals surface area contributed by atoms with Gasteiger partial charge in [0.25, 0.3) is 0 Å². The molecular formula is C82H76N2. The van der Waals surface area contributed by atoms with Crippen molar-refractivity contribution < 1.29 is 0 Å². The van der Waals surface area contributed by atoms with Gasteiger partial charge in [-0.2, -0.15) is 0 Å². The smallest absolute Gasteiger partial charge is 0.0517 e. The van der Waals surface area contributed by atoms with Crippen LogP contribution in [0.1, 0.15) is 116 Å². The van der Waals surface area contributed by atoms with Crippen molar-refractivity contribution in [3.05, 3.63) is 254 Å². The van der Waals surface area contributed by atoms with Crippen LogP contribution in [0.3, 0.4) is 0 Å². The number of para-hydroxylation sites is 2. The second-order valence-electron chi connectivity index (χ2n) is 26.0. The van der Waals surface area contributed by atoms with Crippen molar-refractivity contribution in [2.24, 2.45) is 0 Å². The van der Waals surface area contributed by atoms with E-state index in [1.54, 1.807) is 0 Å². The summed E-state index contributed by atoms with van der Waals surface area (Å²) in [5.41, 5.74) is 23.1. The fourth-order valence-electron chi connectivity index (χ4n) is 16.6. The van der Waals surface area contributed by atoms with Crippen molar-refractivity contribution in [3.63, 3.8) is 0 Å². The second kappa shape index (κ2) is 20.7. The molecule has 0 N–H and O–H groups in total. The van der Waals surface area contributed by atoms with E-state index in [-0.39, 0.29) is 21.9 Å². The maximum atomic E-state index is 2.72. The number of benzene rings is 11. The molecule has 4 atom stereocenters. The Morgan fingerprint density at radius 3 is 0.929 bits per heavy atom. The van der Waals surface area contributed by atoms with E-state index in [4.69, 9.17) is 0 Å². The Hall–Kier alpha value is -8.46. The predicted octanol–water partition coefficient (Wildman–Crippen LogP) is 23.0. The van der Waals surface area contributed by atoms with E-state index in [0.29, 0.717) is 0 Å². The van der Waals surface area contributed by atoms with Crippen LogP contribution in [0, 0.1) is 0 Å². The first-order valence-electron chi connectivity index (χ1n) is 31.5. The molecule has 2 aliphatic carbocycles. The topological polar surface area (TPSA) is 6.48 Å². The molecule has 2 heteroatoms. The zero-order valence-corrected chi connectivity index (χ0v) is 49.5. The van der Waals surface area contributed by atoms with Gasteiger partial charge in [-0.15, -0.1) is 0 Å². The first-order chi connectivity index (χ1) is 41.1. The molecule has 84 heavy (non-hydrogen) atoms. The monoisotopic (exact) mass is 1090 g/mol. The molecule has 2 saturated carbocycles. The van der Waals surface area contributed by atoms with Crippen LogP contribution in [-0.2, 0) is 10.8 Å². The highest BCUT2D eigenvalue weighted by atomic mass is 15.3. The predicted molar refractivity (Wildman–Crippen MR) is 358 cm³/mol. The largest absolute Gasteiger partial charge is 0.334 e. The van der Waals surface area contributed by atoms with Crippen molar-refractivity contribution in [2.75, 3.05) is 9.80 Å². The highest BCUT2D eigenvalue weighted by Gasteiger charge is 2.58. The Kier molecular flexibility index (Phi) is 12.9. The Labute approximate surface area is 498 Å². The van der Waals surface area contributed by atoms with Gasteiger partial charge in [-0.25, -0.2) is 0 Å². The quantitative estimate of drug-likeness (QED) is 0.140. The molecule has 4 unspecified atom stereocenters. The summed E-state index contributed by atoms with van der Waals surface area (Å²) in [6, 6.07) is 92.8. The van der Waals surface area contributed by atoms with Gasteiger partial charge >= 0.3 is 0 Å². The molecule has 0 radical (unpaired) electrons. The minimum atomic E-state index is -0.0452.